The summed E-state index contributed by atoms with van der Waals surface area (Å²) in [5.41, 5.74) is 0. The zero-order valence-electron chi connectivity index (χ0n) is 11.0. The average molecular weight is 252 g/mol. The van der Waals surface area contributed by atoms with Gasteiger partial charge in [0.2, 0.25) is 0 Å². The molecule has 0 saturated carbocycles. The minimum Gasteiger partial charge on any atom is -0.314 e. The summed E-state index contributed by atoms with van der Waals surface area (Å²) >= 11 is 2.01. The van der Waals surface area contributed by atoms with Gasteiger partial charge in [-0.25, -0.2) is 0 Å². The van der Waals surface area contributed by atoms with Crippen molar-refractivity contribution in [2.45, 2.75) is 39.2 Å². The van der Waals surface area contributed by atoms with Crippen LogP contribution in [0.5, 0.6) is 0 Å². The van der Waals surface area contributed by atoms with Gasteiger partial charge in [-0.15, -0.1) is 11.3 Å². The van der Waals surface area contributed by atoms with Crippen LogP contribution in [0.3, 0.4) is 0 Å². The van der Waals surface area contributed by atoms with Gasteiger partial charge in [-0.1, -0.05) is 20.3 Å². The number of piperazine rings is 1. The maximum absolute atomic E-state index is 3.44. The minimum atomic E-state index is 0.660. The largest absolute Gasteiger partial charge is 0.314 e. The van der Waals surface area contributed by atoms with Gasteiger partial charge in [0, 0.05) is 42.0 Å². The molecule has 1 aromatic heterocycles. The van der Waals surface area contributed by atoms with Crippen molar-refractivity contribution < 1.29 is 0 Å². The molecule has 0 bridgehead atoms. The van der Waals surface area contributed by atoms with E-state index in [0.29, 0.717) is 6.04 Å². The van der Waals surface area contributed by atoms with Crippen molar-refractivity contribution in [1.82, 2.24) is 10.2 Å². The highest BCUT2D eigenvalue weighted by molar-refractivity contribution is 7.12. The van der Waals surface area contributed by atoms with Crippen molar-refractivity contribution in [3.05, 3.63) is 21.9 Å². The van der Waals surface area contributed by atoms with E-state index in [4.69, 9.17) is 0 Å². The van der Waals surface area contributed by atoms with E-state index in [9.17, 15) is 0 Å². The molecule has 1 aliphatic rings. The minimum absolute atomic E-state index is 0.660. The molecule has 3 heteroatoms. The van der Waals surface area contributed by atoms with Gasteiger partial charge in [0.25, 0.3) is 0 Å². The summed E-state index contributed by atoms with van der Waals surface area (Å²) in [6, 6.07) is 5.32. The molecule has 0 aliphatic carbocycles. The molecule has 96 valence electrons. The number of nitrogens with zero attached hydrogens (tertiary/aromatic N) is 1. The Bertz CT molecular complexity index is 329. The SMILES string of the molecule is CCC[C@H](c1ccc(CC)s1)N1CCNCC1. The zero-order chi connectivity index (χ0) is 12.1. The molecule has 0 aromatic carbocycles. The Balaban J connectivity index is 2.09. The van der Waals surface area contributed by atoms with Crippen molar-refractivity contribution in [3.63, 3.8) is 0 Å². The summed E-state index contributed by atoms with van der Waals surface area (Å²) in [5, 5.41) is 3.44. The Morgan fingerprint density at radius 1 is 1.29 bits per heavy atom. The molecule has 2 heterocycles. The van der Waals surface area contributed by atoms with Crippen LogP contribution in [0, 0.1) is 0 Å². The summed E-state index contributed by atoms with van der Waals surface area (Å²) in [6.45, 7) is 9.23. The van der Waals surface area contributed by atoms with E-state index in [1.54, 1.807) is 4.88 Å². The molecule has 0 radical (unpaired) electrons. The van der Waals surface area contributed by atoms with Crippen molar-refractivity contribution in [1.29, 1.82) is 0 Å². The second-order valence-corrected chi connectivity index (χ2v) is 5.95. The molecule has 1 atom stereocenters. The molecule has 17 heavy (non-hydrogen) atoms. The number of aryl methyl sites for hydroxylation is 1. The standard InChI is InChI=1S/C14H24N2S/c1-3-5-13(16-10-8-15-9-11-16)14-7-6-12(4-2)17-14/h6-7,13,15H,3-5,8-11H2,1-2H3/t13-/m1/s1. The smallest absolute Gasteiger partial charge is 0.0442 e. The van der Waals surface area contributed by atoms with Gasteiger partial charge in [0.05, 0.1) is 0 Å². The number of nitrogens with one attached hydrogen (secondary N) is 1. The molecule has 0 amide bonds. The van der Waals surface area contributed by atoms with Crippen LogP contribution in [-0.4, -0.2) is 31.1 Å². The highest BCUT2D eigenvalue weighted by atomic mass is 32.1. The highest BCUT2D eigenvalue weighted by Crippen LogP contribution is 2.31. The molecule has 2 rings (SSSR count). The van der Waals surface area contributed by atoms with E-state index in [0.717, 1.165) is 13.1 Å². The van der Waals surface area contributed by atoms with Crippen molar-refractivity contribution in [2.75, 3.05) is 26.2 Å². The number of hydrogen-bond acceptors (Lipinski definition) is 3. The predicted octanol–water partition coefficient (Wildman–Crippen LogP) is 3.06. The van der Waals surface area contributed by atoms with Crippen molar-refractivity contribution in [2.24, 2.45) is 0 Å². The quantitative estimate of drug-likeness (QED) is 0.866. The fourth-order valence-corrected chi connectivity index (χ4v) is 3.66. The first-order valence-electron chi connectivity index (χ1n) is 6.88. The normalized spacial score (nSPS) is 19.4. The molecule has 2 nitrogen and oxygen atoms in total. The van der Waals surface area contributed by atoms with E-state index in [2.05, 4.69) is 36.2 Å². The molecular formula is C14H24N2S. The number of hydrogen-bond donors (Lipinski definition) is 1. The summed E-state index contributed by atoms with van der Waals surface area (Å²) in [6.07, 6.45) is 3.74. The maximum atomic E-state index is 3.44. The van der Waals surface area contributed by atoms with E-state index < -0.39 is 0 Å². The molecule has 0 unspecified atom stereocenters. The number of rotatable bonds is 5. The maximum Gasteiger partial charge on any atom is 0.0442 e. The van der Waals surface area contributed by atoms with Crippen LogP contribution in [0.15, 0.2) is 12.1 Å². The van der Waals surface area contributed by atoms with E-state index >= 15 is 0 Å². The zero-order valence-corrected chi connectivity index (χ0v) is 11.9. The van der Waals surface area contributed by atoms with Gasteiger partial charge in [0.1, 0.15) is 0 Å². The first-order valence-corrected chi connectivity index (χ1v) is 7.70. The average Bonchev–Trinajstić information content (AvgIpc) is 2.85. The third-order valence-corrected chi connectivity index (χ3v) is 4.84. The number of thiophene rings is 1. The Morgan fingerprint density at radius 3 is 2.65 bits per heavy atom. The van der Waals surface area contributed by atoms with Crippen LogP contribution in [0.1, 0.15) is 42.5 Å². The van der Waals surface area contributed by atoms with Crippen LogP contribution in [0.4, 0.5) is 0 Å². The van der Waals surface area contributed by atoms with Gasteiger partial charge in [-0.05, 0) is 25.0 Å². The summed E-state index contributed by atoms with van der Waals surface area (Å²) < 4.78 is 0. The third-order valence-electron chi connectivity index (χ3n) is 3.51. The van der Waals surface area contributed by atoms with Gasteiger partial charge < -0.3 is 5.32 Å². The van der Waals surface area contributed by atoms with Gasteiger partial charge in [-0.3, -0.25) is 4.90 Å². The van der Waals surface area contributed by atoms with Gasteiger partial charge in [0.15, 0.2) is 0 Å². The van der Waals surface area contributed by atoms with Crippen LogP contribution >= 0.6 is 11.3 Å². The van der Waals surface area contributed by atoms with Crippen molar-refractivity contribution in [3.8, 4) is 0 Å². The first kappa shape index (κ1) is 13.1. The van der Waals surface area contributed by atoms with Crippen LogP contribution in [-0.2, 0) is 6.42 Å². The predicted molar refractivity (Wildman–Crippen MR) is 75.8 cm³/mol. The highest BCUT2D eigenvalue weighted by Gasteiger charge is 2.22. The molecule has 0 spiro atoms. The Morgan fingerprint density at radius 2 is 2.06 bits per heavy atom. The molecule has 1 aliphatic heterocycles. The van der Waals surface area contributed by atoms with Crippen LogP contribution in [0.25, 0.3) is 0 Å². The lowest BCUT2D eigenvalue weighted by atomic mass is 10.1. The van der Waals surface area contributed by atoms with E-state index in [1.165, 1.54) is 37.2 Å². The van der Waals surface area contributed by atoms with Crippen LogP contribution in [0.2, 0.25) is 0 Å². The topological polar surface area (TPSA) is 15.3 Å². The van der Waals surface area contributed by atoms with E-state index in [-0.39, 0.29) is 0 Å². The van der Waals surface area contributed by atoms with Crippen LogP contribution < -0.4 is 5.32 Å². The summed E-state index contributed by atoms with van der Waals surface area (Å²) in [4.78, 5) is 5.76. The van der Waals surface area contributed by atoms with Crippen molar-refractivity contribution >= 4 is 11.3 Å². The summed E-state index contributed by atoms with van der Waals surface area (Å²) in [7, 11) is 0. The lowest BCUT2D eigenvalue weighted by Gasteiger charge is -2.34. The molecule has 1 saturated heterocycles. The fraction of sp³-hybridized carbons (Fsp3) is 0.714. The lowest BCUT2D eigenvalue weighted by molar-refractivity contribution is 0.167. The summed E-state index contributed by atoms with van der Waals surface area (Å²) in [5.74, 6) is 0. The van der Waals surface area contributed by atoms with Gasteiger partial charge >= 0.3 is 0 Å². The second-order valence-electron chi connectivity index (χ2n) is 4.75. The molecular weight excluding hydrogens is 228 g/mol. The van der Waals surface area contributed by atoms with E-state index in [1.807, 2.05) is 11.3 Å². The Labute approximate surface area is 109 Å². The molecule has 1 aromatic rings. The first-order chi connectivity index (χ1) is 8.35. The molecule has 1 fully saturated rings. The Hall–Kier alpha value is -0.380. The monoisotopic (exact) mass is 252 g/mol. The lowest BCUT2D eigenvalue weighted by Crippen LogP contribution is -2.45. The third kappa shape index (κ3) is 3.30. The Kier molecular flexibility index (Phi) is 5.01. The second kappa shape index (κ2) is 6.53. The fourth-order valence-electron chi connectivity index (χ4n) is 2.54. The molecule has 1 N–H and O–H groups in total. The van der Waals surface area contributed by atoms with Gasteiger partial charge in [-0.2, -0.15) is 0 Å².